The second-order valence-corrected chi connectivity index (χ2v) is 2.59. The van der Waals surface area contributed by atoms with Crippen LogP contribution in [0.2, 0.25) is 0 Å². The summed E-state index contributed by atoms with van der Waals surface area (Å²) in [6, 6.07) is 5.40. The van der Waals surface area contributed by atoms with Gasteiger partial charge in [0, 0.05) is 11.3 Å². The highest BCUT2D eigenvalue weighted by molar-refractivity contribution is 6.00. The molecule has 0 aliphatic heterocycles. The van der Waals surface area contributed by atoms with Gasteiger partial charge in [0.2, 0.25) is 0 Å². The van der Waals surface area contributed by atoms with E-state index in [9.17, 15) is 4.79 Å². The molecule has 0 unspecified atom stereocenters. The average molecular weight is 183 g/mol. The van der Waals surface area contributed by atoms with Crippen LogP contribution in [0.15, 0.2) is 24.3 Å². The Morgan fingerprint density at radius 1 is 1.15 bits per heavy atom. The molecule has 0 saturated carbocycles. The second-order valence-electron chi connectivity index (χ2n) is 2.59. The summed E-state index contributed by atoms with van der Waals surface area (Å²) in [4.78, 5) is 11.0. The largest absolute Gasteiger partial charge is 0.399 e. The molecule has 0 aliphatic carbocycles. The molecule has 1 aromatic carbocycles. The maximum Gasteiger partial charge on any atom is 0.344 e. The summed E-state index contributed by atoms with van der Waals surface area (Å²) in [6.07, 6.45) is 0. The van der Waals surface area contributed by atoms with Crippen LogP contribution in [0, 0.1) is 0 Å². The van der Waals surface area contributed by atoms with Crippen LogP contribution in [0.4, 0.5) is 5.69 Å². The highest BCUT2D eigenvalue weighted by atomic mass is 16.7. The molecule has 0 aromatic heterocycles. The molecule has 0 atom stereocenters. The van der Waals surface area contributed by atoms with Crippen molar-refractivity contribution >= 4 is 11.5 Å². The smallest absolute Gasteiger partial charge is 0.344 e. The first-order chi connectivity index (χ1) is 5.91. The van der Waals surface area contributed by atoms with Gasteiger partial charge >= 0.3 is 5.97 Å². The van der Waals surface area contributed by atoms with Gasteiger partial charge in [-0.1, -0.05) is 0 Å². The van der Waals surface area contributed by atoms with Gasteiger partial charge in [0.15, 0.2) is 0 Å². The number of Topliss-reactive ketones (excluding diaryl/α,β-unsaturated/α-hetero) is 1. The number of hydrogen-bond acceptors (Lipinski definition) is 5. The van der Waals surface area contributed by atoms with Crippen molar-refractivity contribution in [3.8, 4) is 0 Å². The Morgan fingerprint density at radius 2 is 1.62 bits per heavy atom. The Hall–Kier alpha value is -1.43. The fourth-order valence-corrected chi connectivity index (χ4v) is 0.828. The molecule has 5 heteroatoms. The maximum absolute atomic E-state index is 11.0. The quantitative estimate of drug-likeness (QED) is 0.270. The van der Waals surface area contributed by atoms with E-state index in [2.05, 4.69) is 0 Å². The van der Waals surface area contributed by atoms with Crippen LogP contribution in [0.1, 0.15) is 10.4 Å². The third-order valence-corrected chi connectivity index (χ3v) is 1.48. The van der Waals surface area contributed by atoms with E-state index < -0.39 is 11.8 Å². The second kappa shape index (κ2) is 3.14. The number of benzene rings is 1. The van der Waals surface area contributed by atoms with Crippen molar-refractivity contribution in [3.63, 3.8) is 0 Å². The highest BCUT2D eigenvalue weighted by Gasteiger charge is 2.30. The summed E-state index contributed by atoms with van der Waals surface area (Å²) < 4.78 is 0. The lowest BCUT2D eigenvalue weighted by molar-refractivity contribution is -0.267. The summed E-state index contributed by atoms with van der Waals surface area (Å²) >= 11 is 0. The molecular formula is C8H9NO4. The Balaban J connectivity index is 2.97. The van der Waals surface area contributed by atoms with E-state index in [-0.39, 0.29) is 5.56 Å². The Kier molecular flexibility index (Phi) is 2.33. The molecule has 1 rings (SSSR count). The van der Waals surface area contributed by atoms with E-state index in [1.165, 1.54) is 24.3 Å². The topological polar surface area (TPSA) is 104 Å². The molecule has 0 radical (unpaired) electrons. The minimum atomic E-state index is -3.32. The van der Waals surface area contributed by atoms with Gasteiger partial charge < -0.3 is 21.1 Å². The van der Waals surface area contributed by atoms with Crippen molar-refractivity contribution in [1.29, 1.82) is 0 Å². The lowest BCUT2D eigenvalue weighted by Gasteiger charge is -2.11. The normalized spacial score (nSPS) is 11.3. The number of nitrogens with two attached hydrogens (primary N) is 1. The molecule has 0 aliphatic rings. The summed E-state index contributed by atoms with van der Waals surface area (Å²) in [7, 11) is 0. The van der Waals surface area contributed by atoms with Gasteiger partial charge in [0.1, 0.15) is 0 Å². The van der Waals surface area contributed by atoms with Crippen LogP contribution >= 0.6 is 0 Å². The lowest BCUT2D eigenvalue weighted by atomic mass is 10.1. The van der Waals surface area contributed by atoms with Crippen molar-refractivity contribution < 1.29 is 20.1 Å². The molecule has 0 saturated heterocycles. The number of aliphatic hydroxyl groups is 3. The molecule has 5 N–H and O–H groups in total. The number of ketones is 1. The van der Waals surface area contributed by atoms with Crippen LogP contribution in [0.3, 0.4) is 0 Å². The van der Waals surface area contributed by atoms with Crippen LogP contribution in [-0.4, -0.2) is 27.1 Å². The third-order valence-electron chi connectivity index (χ3n) is 1.48. The van der Waals surface area contributed by atoms with Gasteiger partial charge in [-0.2, -0.15) is 0 Å². The van der Waals surface area contributed by atoms with E-state index in [1.807, 2.05) is 0 Å². The van der Waals surface area contributed by atoms with Crippen molar-refractivity contribution in [1.82, 2.24) is 0 Å². The fraction of sp³-hybridized carbons (Fsp3) is 0.125. The first kappa shape index (κ1) is 9.66. The summed E-state index contributed by atoms with van der Waals surface area (Å²) in [5.74, 6) is -4.51. The predicted octanol–water partition coefficient (Wildman–Crippen LogP) is -0.918. The summed E-state index contributed by atoms with van der Waals surface area (Å²) in [5, 5.41) is 25.6. The highest BCUT2D eigenvalue weighted by Crippen LogP contribution is 2.10. The minimum absolute atomic E-state index is 0.0262. The minimum Gasteiger partial charge on any atom is -0.399 e. The molecule has 0 spiro atoms. The third kappa shape index (κ3) is 2.25. The van der Waals surface area contributed by atoms with Crippen molar-refractivity contribution in [3.05, 3.63) is 29.8 Å². The standard InChI is InChI=1S/C8H9NO4/c9-6-3-1-5(2-4-6)7(10)8(11,12)13/h1-4,11-13H,9H2. The number of carbonyl (C=O) groups excluding carboxylic acids is 1. The zero-order valence-electron chi connectivity index (χ0n) is 6.64. The van der Waals surface area contributed by atoms with Crippen LogP contribution in [0.25, 0.3) is 0 Å². The van der Waals surface area contributed by atoms with Gasteiger partial charge in [-0.15, -0.1) is 0 Å². The zero-order chi connectivity index (χ0) is 10.1. The predicted molar refractivity (Wildman–Crippen MR) is 44.6 cm³/mol. The van der Waals surface area contributed by atoms with Crippen molar-refractivity contribution in [2.45, 2.75) is 5.97 Å². The fourth-order valence-electron chi connectivity index (χ4n) is 0.828. The van der Waals surface area contributed by atoms with Gasteiger partial charge in [0.05, 0.1) is 0 Å². The monoisotopic (exact) mass is 183 g/mol. The van der Waals surface area contributed by atoms with Gasteiger partial charge in [-0.05, 0) is 24.3 Å². The lowest BCUT2D eigenvalue weighted by Crippen LogP contribution is -2.37. The molecule has 0 amide bonds. The molecule has 0 heterocycles. The van der Waals surface area contributed by atoms with E-state index >= 15 is 0 Å². The molecular weight excluding hydrogens is 174 g/mol. The first-order valence-corrected chi connectivity index (χ1v) is 3.48. The van der Waals surface area contributed by atoms with E-state index in [4.69, 9.17) is 21.1 Å². The number of nitrogen functional groups attached to an aromatic ring is 1. The maximum atomic E-state index is 11.0. The molecule has 70 valence electrons. The van der Waals surface area contributed by atoms with E-state index in [0.29, 0.717) is 5.69 Å². The molecule has 0 bridgehead atoms. The summed E-state index contributed by atoms with van der Waals surface area (Å²) in [6.45, 7) is 0. The Morgan fingerprint density at radius 3 is 2.00 bits per heavy atom. The Bertz CT molecular complexity index is 312. The van der Waals surface area contributed by atoms with Crippen LogP contribution in [-0.2, 0) is 0 Å². The van der Waals surface area contributed by atoms with Crippen LogP contribution < -0.4 is 5.73 Å². The SMILES string of the molecule is Nc1ccc(C(=O)C(O)(O)O)cc1. The van der Waals surface area contributed by atoms with Gasteiger partial charge in [-0.3, -0.25) is 4.79 Å². The molecule has 0 fully saturated rings. The van der Waals surface area contributed by atoms with Crippen LogP contribution in [0.5, 0.6) is 0 Å². The van der Waals surface area contributed by atoms with Gasteiger partial charge in [-0.25, -0.2) is 0 Å². The number of hydrogen-bond donors (Lipinski definition) is 4. The summed E-state index contributed by atoms with van der Waals surface area (Å²) in [5.41, 5.74) is 5.75. The van der Waals surface area contributed by atoms with Gasteiger partial charge in [0.25, 0.3) is 5.78 Å². The molecule has 13 heavy (non-hydrogen) atoms. The molecule has 1 aromatic rings. The first-order valence-electron chi connectivity index (χ1n) is 3.48. The van der Waals surface area contributed by atoms with Crippen molar-refractivity contribution in [2.75, 3.05) is 5.73 Å². The number of rotatable bonds is 2. The molecule has 5 nitrogen and oxygen atoms in total. The zero-order valence-corrected chi connectivity index (χ0v) is 6.64. The van der Waals surface area contributed by atoms with E-state index in [0.717, 1.165) is 0 Å². The average Bonchev–Trinajstić information content (AvgIpc) is 2.03. The van der Waals surface area contributed by atoms with E-state index in [1.54, 1.807) is 0 Å². The number of anilines is 1. The number of carbonyl (C=O) groups is 1. The van der Waals surface area contributed by atoms with Crippen molar-refractivity contribution in [2.24, 2.45) is 0 Å². The Labute approximate surface area is 74.0 Å².